The monoisotopic (exact) mass is 405 g/mol. The van der Waals surface area contributed by atoms with Crippen LogP contribution in [0.2, 0.25) is 0 Å². The van der Waals surface area contributed by atoms with Crippen molar-refractivity contribution in [2.75, 3.05) is 5.32 Å². The number of rotatable bonds is 5. The van der Waals surface area contributed by atoms with Crippen molar-refractivity contribution in [1.29, 1.82) is 0 Å². The highest BCUT2D eigenvalue weighted by Gasteiger charge is 2.25. The van der Waals surface area contributed by atoms with Gasteiger partial charge in [-0.1, -0.05) is 49.6 Å². The van der Waals surface area contributed by atoms with Gasteiger partial charge in [0, 0.05) is 41.9 Å². The highest BCUT2D eigenvalue weighted by atomic mass is 32.1. The Hall–Kier alpha value is -2.33. The Kier molecular flexibility index (Phi) is 6.19. The highest BCUT2D eigenvalue weighted by Crippen LogP contribution is 2.28. The quantitative estimate of drug-likeness (QED) is 0.489. The van der Waals surface area contributed by atoms with Gasteiger partial charge in [0.2, 0.25) is 0 Å². The fourth-order valence-electron chi connectivity index (χ4n) is 4.57. The molecule has 2 aromatic carbocycles. The third-order valence-electron chi connectivity index (χ3n) is 6.10. The average molecular weight is 406 g/mol. The lowest BCUT2D eigenvalue weighted by Crippen LogP contribution is -2.43. The highest BCUT2D eigenvalue weighted by molar-refractivity contribution is 7.80. The van der Waals surface area contributed by atoms with E-state index < -0.39 is 0 Å². The summed E-state index contributed by atoms with van der Waals surface area (Å²) in [6.07, 6.45) is 8.70. The maximum Gasteiger partial charge on any atom is 0.173 e. The van der Waals surface area contributed by atoms with Gasteiger partial charge in [-0.3, -0.25) is 0 Å². The molecule has 1 aliphatic carbocycles. The van der Waals surface area contributed by atoms with Gasteiger partial charge in [-0.2, -0.15) is 0 Å². The number of thiocarbonyl (C=S) groups is 1. The fourth-order valence-corrected chi connectivity index (χ4v) is 4.90. The number of aromatic nitrogens is 1. The summed E-state index contributed by atoms with van der Waals surface area (Å²) in [5.74, 6) is 0. The normalized spacial score (nSPS) is 14.8. The SMILES string of the molecule is CCn1cc(CN(C(=S)Nc2cccc(C)c2)C2CCCCC2)c2ccccc21. The predicted molar refractivity (Wildman–Crippen MR) is 127 cm³/mol. The first-order chi connectivity index (χ1) is 14.2. The molecule has 1 aromatic heterocycles. The molecule has 1 heterocycles. The summed E-state index contributed by atoms with van der Waals surface area (Å²) in [5.41, 5.74) is 4.99. The van der Waals surface area contributed by atoms with E-state index >= 15 is 0 Å². The number of aryl methyl sites for hydroxylation is 2. The number of fused-ring (bicyclic) bond motifs is 1. The maximum atomic E-state index is 5.95. The van der Waals surface area contributed by atoms with E-state index in [4.69, 9.17) is 12.2 Å². The molecule has 152 valence electrons. The molecule has 0 unspecified atom stereocenters. The Morgan fingerprint density at radius 1 is 1.10 bits per heavy atom. The average Bonchev–Trinajstić information content (AvgIpc) is 3.10. The molecule has 1 aliphatic rings. The zero-order chi connectivity index (χ0) is 20.2. The summed E-state index contributed by atoms with van der Waals surface area (Å²) >= 11 is 5.95. The topological polar surface area (TPSA) is 20.2 Å². The lowest BCUT2D eigenvalue weighted by Gasteiger charge is -2.36. The van der Waals surface area contributed by atoms with Crippen LogP contribution in [0.25, 0.3) is 10.9 Å². The molecule has 1 saturated carbocycles. The van der Waals surface area contributed by atoms with Gasteiger partial charge in [-0.25, -0.2) is 0 Å². The van der Waals surface area contributed by atoms with Crippen molar-refractivity contribution in [3.8, 4) is 0 Å². The van der Waals surface area contributed by atoms with E-state index in [1.807, 2.05) is 0 Å². The van der Waals surface area contributed by atoms with Gasteiger partial charge < -0.3 is 14.8 Å². The molecule has 4 heteroatoms. The van der Waals surface area contributed by atoms with E-state index in [0.717, 1.165) is 23.9 Å². The minimum Gasteiger partial charge on any atom is -0.347 e. The van der Waals surface area contributed by atoms with Crippen LogP contribution >= 0.6 is 12.2 Å². The van der Waals surface area contributed by atoms with E-state index in [-0.39, 0.29) is 0 Å². The van der Waals surface area contributed by atoms with Crippen molar-refractivity contribution in [2.24, 2.45) is 0 Å². The Balaban J connectivity index is 1.63. The summed E-state index contributed by atoms with van der Waals surface area (Å²) < 4.78 is 2.35. The van der Waals surface area contributed by atoms with Crippen LogP contribution in [0.3, 0.4) is 0 Å². The van der Waals surface area contributed by atoms with E-state index in [1.54, 1.807) is 0 Å². The van der Waals surface area contributed by atoms with Gasteiger partial charge in [0.25, 0.3) is 0 Å². The third kappa shape index (κ3) is 4.48. The number of nitrogens with one attached hydrogen (secondary N) is 1. The number of para-hydroxylation sites is 1. The fraction of sp³-hybridized carbons (Fsp3) is 0.400. The number of anilines is 1. The molecule has 3 aromatic rings. The van der Waals surface area contributed by atoms with Crippen molar-refractivity contribution >= 4 is 33.9 Å². The van der Waals surface area contributed by atoms with Crippen LogP contribution in [0.15, 0.2) is 54.7 Å². The van der Waals surface area contributed by atoms with Crippen LogP contribution < -0.4 is 5.32 Å². The Morgan fingerprint density at radius 3 is 2.66 bits per heavy atom. The molecule has 0 bridgehead atoms. The molecule has 0 spiro atoms. The lowest BCUT2D eigenvalue weighted by molar-refractivity contribution is 0.241. The molecular formula is C25H31N3S. The van der Waals surface area contributed by atoms with Crippen LogP contribution in [0.4, 0.5) is 5.69 Å². The van der Waals surface area contributed by atoms with Crippen LogP contribution in [0.1, 0.15) is 50.2 Å². The minimum absolute atomic E-state index is 0.511. The van der Waals surface area contributed by atoms with Gasteiger partial charge in [0.05, 0.1) is 0 Å². The minimum atomic E-state index is 0.511. The van der Waals surface area contributed by atoms with Crippen molar-refractivity contribution in [3.05, 3.63) is 65.9 Å². The van der Waals surface area contributed by atoms with E-state index in [2.05, 4.69) is 83.4 Å². The second-order valence-electron chi connectivity index (χ2n) is 8.18. The summed E-state index contributed by atoms with van der Waals surface area (Å²) in [5, 5.41) is 5.70. The first-order valence-corrected chi connectivity index (χ1v) is 11.3. The van der Waals surface area contributed by atoms with Crippen molar-refractivity contribution in [1.82, 2.24) is 9.47 Å². The van der Waals surface area contributed by atoms with Gasteiger partial charge in [-0.15, -0.1) is 0 Å². The van der Waals surface area contributed by atoms with Crippen molar-refractivity contribution in [2.45, 2.75) is 65.1 Å². The molecule has 29 heavy (non-hydrogen) atoms. The number of benzene rings is 2. The van der Waals surface area contributed by atoms with Gasteiger partial charge in [-0.05, 0) is 68.2 Å². The summed E-state index contributed by atoms with van der Waals surface area (Å²) in [6, 6.07) is 17.7. The third-order valence-corrected chi connectivity index (χ3v) is 6.43. The van der Waals surface area contributed by atoms with Gasteiger partial charge in [0.15, 0.2) is 5.11 Å². The summed E-state index contributed by atoms with van der Waals surface area (Å²) in [6.45, 7) is 6.16. The number of hydrogen-bond donors (Lipinski definition) is 1. The smallest absolute Gasteiger partial charge is 0.173 e. The van der Waals surface area contributed by atoms with Crippen LogP contribution in [0.5, 0.6) is 0 Å². The molecule has 4 rings (SSSR count). The second kappa shape index (κ2) is 9.00. The molecular weight excluding hydrogens is 374 g/mol. The second-order valence-corrected chi connectivity index (χ2v) is 8.56. The molecule has 0 radical (unpaired) electrons. The molecule has 3 nitrogen and oxygen atoms in total. The Bertz CT molecular complexity index is 985. The first kappa shape index (κ1) is 20.0. The zero-order valence-electron chi connectivity index (χ0n) is 17.5. The largest absolute Gasteiger partial charge is 0.347 e. The van der Waals surface area contributed by atoms with Crippen molar-refractivity contribution < 1.29 is 0 Å². The van der Waals surface area contributed by atoms with Crippen LogP contribution in [0, 0.1) is 6.92 Å². The standard InChI is InChI=1S/C25H31N3S/c1-3-27-17-20(23-14-7-8-15-24(23)27)18-28(22-12-5-4-6-13-22)25(29)26-21-11-9-10-19(2)16-21/h7-11,14-17,22H,3-6,12-13,18H2,1-2H3,(H,26,29). The first-order valence-electron chi connectivity index (χ1n) is 10.9. The summed E-state index contributed by atoms with van der Waals surface area (Å²) in [4.78, 5) is 2.44. The maximum absolute atomic E-state index is 5.95. The van der Waals surface area contributed by atoms with Crippen molar-refractivity contribution in [3.63, 3.8) is 0 Å². The van der Waals surface area contributed by atoms with Gasteiger partial charge in [0.1, 0.15) is 0 Å². The molecule has 0 atom stereocenters. The summed E-state index contributed by atoms with van der Waals surface area (Å²) in [7, 11) is 0. The molecule has 1 N–H and O–H groups in total. The molecule has 1 fully saturated rings. The van der Waals surface area contributed by atoms with E-state index in [1.165, 1.54) is 54.1 Å². The predicted octanol–water partition coefficient (Wildman–Crippen LogP) is 6.50. The zero-order valence-corrected chi connectivity index (χ0v) is 18.3. The Morgan fingerprint density at radius 2 is 1.90 bits per heavy atom. The number of nitrogens with zero attached hydrogens (tertiary/aromatic N) is 2. The molecule has 0 saturated heterocycles. The molecule has 0 amide bonds. The lowest BCUT2D eigenvalue weighted by atomic mass is 9.94. The van der Waals surface area contributed by atoms with Crippen LogP contribution in [-0.2, 0) is 13.1 Å². The van der Waals surface area contributed by atoms with Gasteiger partial charge >= 0.3 is 0 Å². The van der Waals surface area contributed by atoms with E-state index in [9.17, 15) is 0 Å². The van der Waals surface area contributed by atoms with E-state index in [0.29, 0.717) is 6.04 Å². The Labute approximate surface area is 179 Å². The molecule has 0 aliphatic heterocycles. The number of hydrogen-bond acceptors (Lipinski definition) is 1. The van der Waals surface area contributed by atoms with Crippen LogP contribution in [-0.4, -0.2) is 20.6 Å².